The molecule has 2 N–H and O–H groups in total. The largest absolute Gasteiger partial charge is 0.494 e. The minimum atomic E-state index is -1.11. The monoisotopic (exact) mass is 267 g/mol. The lowest BCUT2D eigenvalue weighted by atomic mass is 9.98. The standard InChI is InChI=1S/C14H12F3NO/c1-19-12-4-2-3-9(13(12)17)14(18)10-7-8(15)5-6-11(10)16/h2-7,14H,18H2,1H3. The molecular formula is C14H12F3NO. The summed E-state index contributed by atoms with van der Waals surface area (Å²) in [6.45, 7) is 0. The summed E-state index contributed by atoms with van der Waals surface area (Å²) in [6.07, 6.45) is 0. The molecule has 0 heterocycles. The van der Waals surface area contributed by atoms with Gasteiger partial charge in [0.25, 0.3) is 0 Å². The molecule has 2 rings (SSSR count). The molecule has 0 aliphatic carbocycles. The minimum Gasteiger partial charge on any atom is -0.494 e. The van der Waals surface area contributed by atoms with Crippen LogP contribution >= 0.6 is 0 Å². The molecule has 0 spiro atoms. The Kier molecular flexibility index (Phi) is 3.76. The van der Waals surface area contributed by atoms with Gasteiger partial charge in [-0.3, -0.25) is 0 Å². The van der Waals surface area contributed by atoms with E-state index in [1.165, 1.54) is 25.3 Å². The summed E-state index contributed by atoms with van der Waals surface area (Å²) in [5, 5.41) is 0. The lowest BCUT2D eigenvalue weighted by Crippen LogP contribution is -2.16. The number of rotatable bonds is 3. The molecule has 100 valence electrons. The summed E-state index contributed by atoms with van der Waals surface area (Å²) in [4.78, 5) is 0. The normalized spacial score (nSPS) is 12.3. The van der Waals surface area contributed by atoms with E-state index in [9.17, 15) is 13.2 Å². The summed E-state index contributed by atoms with van der Waals surface area (Å²) >= 11 is 0. The van der Waals surface area contributed by atoms with E-state index in [0.717, 1.165) is 18.2 Å². The summed E-state index contributed by atoms with van der Waals surface area (Å²) in [7, 11) is 1.32. The van der Waals surface area contributed by atoms with Gasteiger partial charge in [-0.15, -0.1) is 0 Å². The van der Waals surface area contributed by atoms with Gasteiger partial charge in [-0.1, -0.05) is 12.1 Å². The smallest absolute Gasteiger partial charge is 0.170 e. The Morgan fingerprint density at radius 3 is 2.47 bits per heavy atom. The van der Waals surface area contributed by atoms with Gasteiger partial charge in [-0.25, -0.2) is 13.2 Å². The van der Waals surface area contributed by atoms with Crippen molar-refractivity contribution in [2.75, 3.05) is 7.11 Å². The first kappa shape index (κ1) is 13.4. The molecule has 0 bridgehead atoms. The van der Waals surface area contributed by atoms with Crippen molar-refractivity contribution in [2.24, 2.45) is 5.73 Å². The summed E-state index contributed by atoms with van der Waals surface area (Å²) in [5.41, 5.74) is 5.75. The molecular weight excluding hydrogens is 255 g/mol. The Labute approximate surface area is 108 Å². The fraction of sp³-hybridized carbons (Fsp3) is 0.143. The van der Waals surface area contributed by atoms with Crippen molar-refractivity contribution in [3.8, 4) is 5.75 Å². The van der Waals surface area contributed by atoms with Gasteiger partial charge in [-0.05, 0) is 24.3 Å². The number of hydrogen-bond acceptors (Lipinski definition) is 2. The maximum Gasteiger partial charge on any atom is 0.170 e. The van der Waals surface area contributed by atoms with Crippen molar-refractivity contribution in [1.82, 2.24) is 0 Å². The van der Waals surface area contributed by atoms with Crippen molar-refractivity contribution in [2.45, 2.75) is 6.04 Å². The second-order valence-electron chi connectivity index (χ2n) is 4.01. The molecule has 0 fully saturated rings. The van der Waals surface area contributed by atoms with Crippen LogP contribution in [0.25, 0.3) is 0 Å². The second-order valence-corrected chi connectivity index (χ2v) is 4.01. The number of halogens is 3. The molecule has 1 unspecified atom stereocenters. The zero-order chi connectivity index (χ0) is 14.0. The molecule has 0 radical (unpaired) electrons. The maximum absolute atomic E-state index is 14.0. The minimum absolute atomic E-state index is 0.00441. The van der Waals surface area contributed by atoms with Crippen molar-refractivity contribution >= 4 is 0 Å². The van der Waals surface area contributed by atoms with Crippen LogP contribution in [0, 0.1) is 17.5 Å². The van der Waals surface area contributed by atoms with Crippen LogP contribution in [0.5, 0.6) is 5.75 Å². The molecule has 2 aromatic carbocycles. The van der Waals surface area contributed by atoms with Crippen LogP contribution in [0.15, 0.2) is 36.4 Å². The fourth-order valence-corrected chi connectivity index (χ4v) is 1.85. The number of ether oxygens (including phenoxy) is 1. The third-order valence-corrected chi connectivity index (χ3v) is 2.84. The average Bonchev–Trinajstić information content (AvgIpc) is 2.41. The Hall–Kier alpha value is -2.01. The van der Waals surface area contributed by atoms with E-state index in [4.69, 9.17) is 10.5 Å². The lowest BCUT2D eigenvalue weighted by molar-refractivity contribution is 0.383. The lowest BCUT2D eigenvalue weighted by Gasteiger charge is -2.15. The summed E-state index contributed by atoms with van der Waals surface area (Å²) < 4.78 is 45.6. The van der Waals surface area contributed by atoms with Gasteiger partial charge in [0.15, 0.2) is 11.6 Å². The van der Waals surface area contributed by atoms with E-state index >= 15 is 0 Å². The molecule has 5 heteroatoms. The zero-order valence-electron chi connectivity index (χ0n) is 10.2. The van der Waals surface area contributed by atoms with E-state index in [0.29, 0.717) is 0 Å². The van der Waals surface area contributed by atoms with Crippen molar-refractivity contribution in [3.05, 3.63) is 65.0 Å². The van der Waals surface area contributed by atoms with Crippen LogP contribution in [-0.4, -0.2) is 7.11 Å². The Morgan fingerprint density at radius 1 is 1.05 bits per heavy atom. The van der Waals surface area contributed by atoms with Crippen LogP contribution in [0.3, 0.4) is 0 Å². The van der Waals surface area contributed by atoms with Crippen LogP contribution in [0.2, 0.25) is 0 Å². The van der Waals surface area contributed by atoms with E-state index in [2.05, 4.69) is 0 Å². The molecule has 0 aromatic heterocycles. The van der Waals surface area contributed by atoms with Gasteiger partial charge in [0.05, 0.1) is 13.2 Å². The Balaban J connectivity index is 2.50. The van der Waals surface area contributed by atoms with Crippen LogP contribution in [-0.2, 0) is 0 Å². The quantitative estimate of drug-likeness (QED) is 0.927. The molecule has 1 atom stereocenters. The predicted octanol–water partition coefficient (Wildman–Crippen LogP) is 3.16. The number of benzene rings is 2. The molecule has 0 amide bonds. The van der Waals surface area contributed by atoms with Gasteiger partial charge in [-0.2, -0.15) is 0 Å². The van der Waals surface area contributed by atoms with E-state index < -0.39 is 23.5 Å². The number of hydrogen-bond donors (Lipinski definition) is 1. The fourth-order valence-electron chi connectivity index (χ4n) is 1.85. The number of nitrogens with two attached hydrogens (primary N) is 1. The van der Waals surface area contributed by atoms with Crippen LogP contribution in [0.1, 0.15) is 17.2 Å². The highest BCUT2D eigenvalue weighted by molar-refractivity contribution is 5.38. The molecule has 0 aliphatic rings. The average molecular weight is 267 g/mol. The predicted molar refractivity (Wildman–Crippen MR) is 65.3 cm³/mol. The van der Waals surface area contributed by atoms with E-state index in [1.54, 1.807) is 0 Å². The first-order chi connectivity index (χ1) is 9.04. The maximum atomic E-state index is 14.0. The molecule has 2 nitrogen and oxygen atoms in total. The first-order valence-corrected chi connectivity index (χ1v) is 5.57. The molecule has 2 aromatic rings. The summed E-state index contributed by atoms with van der Waals surface area (Å²) in [6, 6.07) is 6.16. The van der Waals surface area contributed by atoms with Gasteiger partial charge in [0.1, 0.15) is 11.6 Å². The Bertz CT molecular complexity index is 601. The first-order valence-electron chi connectivity index (χ1n) is 5.57. The highest BCUT2D eigenvalue weighted by Gasteiger charge is 2.20. The summed E-state index contributed by atoms with van der Waals surface area (Å²) in [5.74, 6) is -1.99. The molecule has 0 aliphatic heterocycles. The van der Waals surface area contributed by atoms with Gasteiger partial charge in [0, 0.05) is 11.1 Å². The molecule has 0 saturated heterocycles. The topological polar surface area (TPSA) is 35.2 Å². The molecule has 19 heavy (non-hydrogen) atoms. The van der Waals surface area contributed by atoms with Crippen LogP contribution in [0.4, 0.5) is 13.2 Å². The third-order valence-electron chi connectivity index (χ3n) is 2.84. The Morgan fingerprint density at radius 2 is 1.79 bits per heavy atom. The van der Waals surface area contributed by atoms with Gasteiger partial charge >= 0.3 is 0 Å². The molecule has 0 saturated carbocycles. The van der Waals surface area contributed by atoms with Crippen LogP contribution < -0.4 is 10.5 Å². The van der Waals surface area contributed by atoms with Gasteiger partial charge in [0.2, 0.25) is 0 Å². The zero-order valence-corrected chi connectivity index (χ0v) is 10.2. The third kappa shape index (κ3) is 2.56. The number of methoxy groups -OCH3 is 1. The van der Waals surface area contributed by atoms with Crippen molar-refractivity contribution in [1.29, 1.82) is 0 Å². The highest BCUT2D eigenvalue weighted by Crippen LogP contribution is 2.29. The van der Waals surface area contributed by atoms with Crippen molar-refractivity contribution < 1.29 is 17.9 Å². The van der Waals surface area contributed by atoms with Gasteiger partial charge < -0.3 is 10.5 Å². The van der Waals surface area contributed by atoms with Crippen molar-refractivity contribution in [3.63, 3.8) is 0 Å². The SMILES string of the molecule is COc1cccc(C(N)c2cc(F)ccc2F)c1F. The van der Waals surface area contributed by atoms with E-state index in [1.807, 2.05) is 0 Å². The van der Waals surface area contributed by atoms with E-state index in [-0.39, 0.29) is 16.9 Å². The second kappa shape index (κ2) is 5.32. The highest BCUT2D eigenvalue weighted by atomic mass is 19.1.